The molecule has 0 bridgehead atoms. The summed E-state index contributed by atoms with van der Waals surface area (Å²) in [6.45, 7) is -0.711. The number of amides is 2. The number of alkyl halides is 1. The van der Waals surface area contributed by atoms with Crippen molar-refractivity contribution in [1.29, 1.82) is 0 Å². The average molecular weight is 304 g/mol. The zero-order valence-corrected chi connectivity index (χ0v) is 12.1. The molecular formula is C17H18F2N2O. The summed E-state index contributed by atoms with van der Waals surface area (Å²) >= 11 is 0. The molecule has 0 fully saturated rings. The predicted molar refractivity (Wildman–Crippen MR) is 81.8 cm³/mol. The van der Waals surface area contributed by atoms with Crippen molar-refractivity contribution in [2.45, 2.75) is 12.5 Å². The minimum atomic E-state index is -0.642. The van der Waals surface area contributed by atoms with Crippen LogP contribution in [0.5, 0.6) is 0 Å². The molecule has 0 aliphatic rings. The van der Waals surface area contributed by atoms with Gasteiger partial charge in [0.1, 0.15) is 12.5 Å². The van der Waals surface area contributed by atoms with Crippen molar-refractivity contribution < 1.29 is 13.6 Å². The molecule has 0 radical (unpaired) electrons. The van der Waals surface area contributed by atoms with Gasteiger partial charge in [0.25, 0.3) is 0 Å². The van der Waals surface area contributed by atoms with E-state index in [-0.39, 0.29) is 12.4 Å². The Bertz CT molecular complexity index is 605. The zero-order chi connectivity index (χ0) is 15.8. The highest BCUT2D eigenvalue weighted by molar-refractivity contribution is 5.74. The summed E-state index contributed by atoms with van der Waals surface area (Å²) < 4.78 is 26.1. The third-order valence-corrected chi connectivity index (χ3v) is 3.25. The standard InChI is InChI=1S/C17H18F2N2O/c18-10-11-20-17(22)21-16(12-13-6-2-1-3-7-13)14-8-4-5-9-15(14)19/h1-9,16H,10-12H2,(H2,20,21,22). The average Bonchev–Trinajstić information content (AvgIpc) is 2.54. The first kappa shape index (κ1) is 15.9. The van der Waals surface area contributed by atoms with Gasteiger partial charge >= 0.3 is 6.03 Å². The Morgan fingerprint density at radius 3 is 2.41 bits per heavy atom. The third kappa shape index (κ3) is 4.55. The molecule has 0 aliphatic carbocycles. The van der Waals surface area contributed by atoms with Crippen LogP contribution in [0.1, 0.15) is 17.2 Å². The second-order valence-electron chi connectivity index (χ2n) is 4.85. The molecule has 2 aromatic carbocycles. The number of hydrogen-bond donors (Lipinski definition) is 2. The second kappa shape index (κ2) is 8.12. The summed E-state index contributed by atoms with van der Waals surface area (Å²) in [6.07, 6.45) is 0.449. The van der Waals surface area contributed by atoms with Crippen LogP contribution in [0, 0.1) is 5.82 Å². The number of urea groups is 1. The minimum Gasteiger partial charge on any atom is -0.336 e. The Morgan fingerprint density at radius 2 is 1.73 bits per heavy atom. The lowest BCUT2D eigenvalue weighted by molar-refractivity contribution is 0.235. The van der Waals surface area contributed by atoms with Gasteiger partial charge in [-0.3, -0.25) is 0 Å². The highest BCUT2D eigenvalue weighted by Crippen LogP contribution is 2.21. The van der Waals surface area contributed by atoms with Crippen LogP contribution in [0.15, 0.2) is 54.6 Å². The van der Waals surface area contributed by atoms with Gasteiger partial charge in [-0.25, -0.2) is 13.6 Å². The molecule has 1 atom stereocenters. The van der Waals surface area contributed by atoms with E-state index in [4.69, 9.17) is 0 Å². The summed E-state index contributed by atoms with van der Waals surface area (Å²) in [5.41, 5.74) is 1.38. The second-order valence-corrected chi connectivity index (χ2v) is 4.85. The van der Waals surface area contributed by atoms with Gasteiger partial charge in [0.2, 0.25) is 0 Å². The van der Waals surface area contributed by atoms with Crippen LogP contribution < -0.4 is 10.6 Å². The number of carbonyl (C=O) groups is 1. The van der Waals surface area contributed by atoms with Crippen molar-refractivity contribution in [1.82, 2.24) is 10.6 Å². The first-order valence-electron chi connectivity index (χ1n) is 7.09. The van der Waals surface area contributed by atoms with Crippen LogP contribution in [-0.2, 0) is 6.42 Å². The van der Waals surface area contributed by atoms with E-state index < -0.39 is 18.7 Å². The molecule has 0 aromatic heterocycles. The van der Waals surface area contributed by atoms with Crippen LogP contribution in [0.2, 0.25) is 0 Å². The summed E-state index contributed by atoms with van der Waals surface area (Å²) in [5.74, 6) is -0.380. The van der Waals surface area contributed by atoms with Crippen LogP contribution in [0.25, 0.3) is 0 Å². The van der Waals surface area contributed by atoms with Crippen LogP contribution in [0.3, 0.4) is 0 Å². The maximum absolute atomic E-state index is 14.0. The lowest BCUT2D eigenvalue weighted by Crippen LogP contribution is -2.39. The summed E-state index contributed by atoms with van der Waals surface area (Å²) in [6, 6.07) is 14.8. The fraction of sp³-hybridized carbons (Fsp3) is 0.235. The van der Waals surface area contributed by atoms with E-state index in [0.717, 1.165) is 5.56 Å². The molecule has 0 saturated heterocycles. The van der Waals surface area contributed by atoms with Crippen LogP contribution in [0.4, 0.5) is 13.6 Å². The molecule has 2 N–H and O–H groups in total. The topological polar surface area (TPSA) is 41.1 Å². The van der Waals surface area contributed by atoms with Crippen molar-refractivity contribution in [3.05, 3.63) is 71.5 Å². The lowest BCUT2D eigenvalue weighted by atomic mass is 9.98. The third-order valence-electron chi connectivity index (χ3n) is 3.25. The Kier molecular flexibility index (Phi) is 5.89. The smallest absolute Gasteiger partial charge is 0.315 e. The van der Waals surface area contributed by atoms with Gasteiger partial charge in [-0.1, -0.05) is 48.5 Å². The van der Waals surface area contributed by atoms with E-state index >= 15 is 0 Å². The monoisotopic (exact) mass is 304 g/mol. The van der Waals surface area contributed by atoms with E-state index in [2.05, 4.69) is 10.6 Å². The SMILES string of the molecule is O=C(NCCF)NC(Cc1ccccc1)c1ccccc1F. The van der Waals surface area contributed by atoms with Gasteiger partial charge in [0.15, 0.2) is 0 Å². The molecule has 2 aromatic rings. The Morgan fingerprint density at radius 1 is 1.05 bits per heavy atom. The van der Waals surface area contributed by atoms with Crippen molar-refractivity contribution >= 4 is 6.03 Å². The highest BCUT2D eigenvalue weighted by atomic mass is 19.1. The molecule has 0 spiro atoms. The van der Waals surface area contributed by atoms with E-state index in [0.29, 0.717) is 12.0 Å². The Hall–Kier alpha value is -2.43. The van der Waals surface area contributed by atoms with Crippen molar-refractivity contribution in [2.75, 3.05) is 13.2 Å². The molecule has 5 heteroatoms. The first-order valence-corrected chi connectivity index (χ1v) is 7.09. The van der Waals surface area contributed by atoms with E-state index in [1.807, 2.05) is 30.3 Å². The quantitative estimate of drug-likeness (QED) is 0.844. The maximum atomic E-state index is 14.0. The number of rotatable bonds is 6. The van der Waals surface area contributed by atoms with E-state index in [9.17, 15) is 13.6 Å². The van der Waals surface area contributed by atoms with E-state index in [1.54, 1.807) is 18.2 Å². The van der Waals surface area contributed by atoms with Gasteiger partial charge in [0.05, 0.1) is 6.04 Å². The normalized spacial score (nSPS) is 11.7. The lowest BCUT2D eigenvalue weighted by Gasteiger charge is -2.20. The van der Waals surface area contributed by atoms with Gasteiger partial charge < -0.3 is 10.6 Å². The molecule has 3 nitrogen and oxygen atoms in total. The number of carbonyl (C=O) groups excluding carboxylic acids is 1. The number of nitrogens with one attached hydrogen (secondary N) is 2. The molecule has 0 saturated carbocycles. The van der Waals surface area contributed by atoms with Crippen molar-refractivity contribution in [3.8, 4) is 0 Å². The minimum absolute atomic E-state index is 0.0683. The fourth-order valence-corrected chi connectivity index (χ4v) is 2.22. The molecule has 1 unspecified atom stereocenters. The van der Waals surface area contributed by atoms with E-state index in [1.165, 1.54) is 6.07 Å². The van der Waals surface area contributed by atoms with Crippen LogP contribution in [-0.4, -0.2) is 19.3 Å². The van der Waals surface area contributed by atoms with Crippen molar-refractivity contribution in [3.63, 3.8) is 0 Å². The van der Waals surface area contributed by atoms with Gasteiger partial charge in [-0.15, -0.1) is 0 Å². The van der Waals surface area contributed by atoms with Crippen LogP contribution >= 0.6 is 0 Å². The van der Waals surface area contributed by atoms with Gasteiger partial charge in [0, 0.05) is 12.1 Å². The molecule has 0 aliphatic heterocycles. The zero-order valence-electron chi connectivity index (χ0n) is 12.1. The van der Waals surface area contributed by atoms with Gasteiger partial charge in [-0.2, -0.15) is 0 Å². The number of benzene rings is 2. The molecule has 116 valence electrons. The number of halogens is 2. The Balaban J connectivity index is 2.17. The van der Waals surface area contributed by atoms with Crippen molar-refractivity contribution in [2.24, 2.45) is 0 Å². The molecule has 22 heavy (non-hydrogen) atoms. The number of hydrogen-bond acceptors (Lipinski definition) is 1. The summed E-state index contributed by atoms with van der Waals surface area (Å²) in [5, 5.41) is 5.09. The largest absolute Gasteiger partial charge is 0.336 e. The molecule has 2 rings (SSSR count). The maximum Gasteiger partial charge on any atom is 0.315 e. The molecule has 0 heterocycles. The highest BCUT2D eigenvalue weighted by Gasteiger charge is 2.18. The summed E-state index contributed by atoms with van der Waals surface area (Å²) in [4.78, 5) is 11.8. The molecular weight excluding hydrogens is 286 g/mol. The molecule has 2 amide bonds. The predicted octanol–water partition coefficient (Wildman–Crippen LogP) is 3.38. The fourth-order valence-electron chi connectivity index (χ4n) is 2.22. The van der Waals surface area contributed by atoms with Gasteiger partial charge in [-0.05, 0) is 18.1 Å². The first-order chi connectivity index (χ1) is 10.7. The Labute approximate surface area is 128 Å². The summed E-state index contributed by atoms with van der Waals surface area (Å²) in [7, 11) is 0.